The Balaban J connectivity index is 2.69. The normalized spacial score (nSPS) is 10.5. The molecule has 0 fully saturated rings. The van der Waals surface area contributed by atoms with Gasteiger partial charge in [0.1, 0.15) is 11.6 Å². The molecule has 0 amide bonds. The topological polar surface area (TPSA) is 0 Å². The predicted molar refractivity (Wildman–Crippen MR) is 61.8 cm³/mol. The Morgan fingerprint density at radius 3 is 2.19 bits per heavy atom. The molecule has 2 aromatic rings. The highest BCUT2D eigenvalue weighted by Crippen LogP contribution is 2.34. The van der Waals surface area contributed by atoms with Crippen molar-refractivity contribution in [2.45, 2.75) is 0 Å². The molecule has 0 nitrogen and oxygen atoms in total. The summed E-state index contributed by atoms with van der Waals surface area (Å²) in [6.07, 6.45) is 0. The van der Waals surface area contributed by atoms with Crippen LogP contribution in [0.5, 0.6) is 0 Å². The third kappa shape index (κ3) is 2.04. The minimum absolute atomic E-state index is 0.130. The molecule has 0 bridgehead atoms. The van der Waals surface area contributed by atoms with Crippen molar-refractivity contribution in [1.82, 2.24) is 0 Å². The van der Waals surface area contributed by atoms with E-state index < -0.39 is 11.6 Å². The molecule has 0 radical (unpaired) electrons. The average molecular weight is 259 g/mol. The highest BCUT2D eigenvalue weighted by molar-refractivity contribution is 6.35. The first-order chi connectivity index (χ1) is 7.59. The number of halogens is 4. The Bertz CT molecular complexity index is 539. The molecule has 2 rings (SSSR count). The molecule has 0 aliphatic heterocycles. The van der Waals surface area contributed by atoms with Gasteiger partial charge < -0.3 is 0 Å². The smallest absolute Gasteiger partial charge is 0.143 e. The monoisotopic (exact) mass is 258 g/mol. The minimum atomic E-state index is -0.660. The molecular formula is C12H6Cl2F2. The van der Waals surface area contributed by atoms with Crippen LogP contribution in [0.25, 0.3) is 11.1 Å². The van der Waals surface area contributed by atoms with Crippen LogP contribution in [0.1, 0.15) is 0 Å². The molecule has 0 saturated carbocycles. The largest absolute Gasteiger partial charge is 0.206 e. The van der Waals surface area contributed by atoms with Gasteiger partial charge in [-0.05, 0) is 18.2 Å². The summed E-state index contributed by atoms with van der Waals surface area (Å²) in [7, 11) is 0. The van der Waals surface area contributed by atoms with Crippen LogP contribution in [-0.2, 0) is 0 Å². The quantitative estimate of drug-likeness (QED) is 0.636. The van der Waals surface area contributed by atoms with Crippen molar-refractivity contribution in [3.63, 3.8) is 0 Å². The summed E-state index contributed by atoms with van der Waals surface area (Å²) in [5.74, 6) is -1.13. The van der Waals surface area contributed by atoms with E-state index in [0.29, 0.717) is 0 Å². The van der Waals surface area contributed by atoms with E-state index in [0.717, 1.165) is 6.07 Å². The lowest BCUT2D eigenvalue weighted by Gasteiger charge is -2.07. The molecule has 0 N–H and O–H groups in total. The van der Waals surface area contributed by atoms with Crippen molar-refractivity contribution >= 4 is 23.2 Å². The molecule has 0 aliphatic carbocycles. The molecule has 0 atom stereocenters. The first kappa shape index (κ1) is 11.4. The lowest BCUT2D eigenvalue weighted by molar-refractivity contribution is 0.625. The van der Waals surface area contributed by atoms with Crippen LogP contribution >= 0.6 is 23.2 Å². The summed E-state index contributed by atoms with van der Waals surface area (Å²) in [6.45, 7) is 0. The van der Waals surface area contributed by atoms with Crippen LogP contribution in [0.15, 0.2) is 36.4 Å². The van der Waals surface area contributed by atoms with Gasteiger partial charge in [-0.25, -0.2) is 8.78 Å². The zero-order chi connectivity index (χ0) is 11.7. The molecule has 0 aromatic heterocycles. The fourth-order valence-corrected chi connectivity index (χ4v) is 1.85. The van der Waals surface area contributed by atoms with E-state index in [1.165, 1.54) is 18.2 Å². The lowest BCUT2D eigenvalue weighted by atomic mass is 10.1. The SMILES string of the molecule is Fc1ccccc1-c1cc(Cl)cc(F)c1Cl. The first-order valence-electron chi connectivity index (χ1n) is 4.49. The van der Waals surface area contributed by atoms with Crippen molar-refractivity contribution in [2.24, 2.45) is 0 Å². The first-order valence-corrected chi connectivity index (χ1v) is 5.24. The number of benzene rings is 2. The van der Waals surface area contributed by atoms with E-state index in [4.69, 9.17) is 23.2 Å². The van der Waals surface area contributed by atoms with E-state index in [1.54, 1.807) is 12.1 Å². The summed E-state index contributed by atoms with van der Waals surface area (Å²) in [5, 5.41) is 0.0506. The van der Waals surface area contributed by atoms with E-state index >= 15 is 0 Å². The van der Waals surface area contributed by atoms with Gasteiger partial charge in [0.2, 0.25) is 0 Å². The van der Waals surface area contributed by atoms with Gasteiger partial charge in [0, 0.05) is 16.1 Å². The van der Waals surface area contributed by atoms with Gasteiger partial charge in [0.25, 0.3) is 0 Å². The van der Waals surface area contributed by atoms with Crippen LogP contribution in [0.2, 0.25) is 10.0 Å². The Labute approximate surface area is 101 Å². The Kier molecular flexibility index (Phi) is 3.13. The fraction of sp³-hybridized carbons (Fsp3) is 0. The van der Waals surface area contributed by atoms with E-state index in [9.17, 15) is 8.78 Å². The van der Waals surface area contributed by atoms with Crippen LogP contribution in [0.3, 0.4) is 0 Å². The Morgan fingerprint density at radius 1 is 0.812 bits per heavy atom. The second-order valence-electron chi connectivity index (χ2n) is 3.23. The van der Waals surface area contributed by atoms with Gasteiger partial charge in [0.05, 0.1) is 5.02 Å². The summed E-state index contributed by atoms with van der Waals surface area (Å²) in [4.78, 5) is 0. The maximum atomic E-state index is 13.5. The minimum Gasteiger partial charge on any atom is -0.206 e. The van der Waals surface area contributed by atoms with Crippen LogP contribution in [-0.4, -0.2) is 0 Å². The highest BCUT2D eigenvalue weighted by Gasteiger charge is 2.13. The molecule has 0 unspecified atom stereocenters. The van der Waals surface area contributed by atoms with Crippen molar-refractivity contribution in [2.75, 3.05) is 0 Å². The van der Waals surface area contributed by atoms with Gasteiger partial charge in [-0.15, -0.1) is 0 Å². The second-order valence-corrected chi connectivity index (χ2v) is 4.04. The van der Waals surface area contributed by atoms with Gasteiger partial charge in [-0.2, -0.15) is 0 Å². The summed E-state index contributed by atoms with van der Waals surface area (Å²) in [6, 6.07) is 8.53. The van der Waals surface area contributed by atoms with Crippen molar-refractivity contribution < 1.29 is 8.78 Å². The summed E-state index contributed by atoms with van der Waals surface area (Å²) in [5.41, 5.74) is 0.485. The van der Waals surface area contributed by atoms with Crippen molar-refractivity contribution in [1.29, 1.82) is 0 Å². The molecule has 82 valence electrons. The van der Waals surface area contributed by atoms with Crippen LogP contribution in [0.4, 0.5) is 8.78 Å². The number of hydrogen-bond acceptors (Lipinski definition) is 0. The third-order valence-corrected chi connectivity index (χ3v) is 2.76. The zero-order valence-corrected chi connectivity index (χ0v) is 9.49. The van der Waals surface area contributed by atoms with Crippen molar-refractivity contribution in [3.8, 4) is 11.1 Å². The number of rotatable bonds is 1. The molecule has 16 heavy (non-hydrogen) atoms. The maximum Gasteiger partial charge on any atom is 0.143 e. The highest BCUT2D eigenvalue weighted by atomic mass is 35.5. The molecule has 0 spiro atoms. The molecule has 0 aliphatic rings. The predicted octanol–water partition coefficient (Wildman–Crippen LogP) is 4.94. The Hall–Kier alpha value is -1.12. The molecule has 2 aromatic carbocycles. The van der Waals surface area contributed by atoms with Gasteiger partial charge in [-0.1, -0.05) is 41.4 Å². The summed E-state index contributed by atoms with van der Waals surface area (Å²) >= 11 is 11.5. The van der Waals surface area contributed by atoms with Gasteiger partial charge in [0.15, 0.2) is 0 Å². The molecule has 0 heterocycles. The average Bonchev–Trinajstić information content (AvgIpc) is 2.24. The van der Waals surface area contributed by atoms with E-state index in [2.05, 4.69) is 0 Å². The van der Waals surface area contributed by atoms with Crippen LogP contribution in [0, 0.1) is 11.6 Å². The Morgan fingerprint density at radius 2 is 1.50 bits per heavy atom. The fourth-order valence-electron chi connectivity index (χ4n) is 1.43. The zero-order valence-electron chi connectivity index (χ0n) is 7.98. The second kappa shape index (κ2) is 4.40. The molecular weight excluding hydrogens is 253 g/mol. The van der Waals surface area contributed by atoms with Gasteiger partial charge in [-0.3, -0.25) is 0 Å². The lowest BCUT2D eigenvalue weighted by Crippen LogP contribution is -1.88. The molecule has 4 heteroatoms. The maximum absolute atomic E-state index is 13.5. The van der Waals surface area contributed by atoms with Gasteiger partial charge >= 0.3 is 0 Å². The standard InChI is InChI=1S/C12H6Cl2F2/c13-7-5-9(12(14)11(16)6-7)8-3-1-2-4-10(8)15/h1-6H. The summed E-state index contributed by atoms with van der Waals surface area (Å²) < 4.78 is 26.8. The third-order valence-electron chi connectivity index (χ3n) is 2.16. The van der Waals surface area contributed by atoms with Crippen LogP contribution < -0.4 is 0 Å². The number of hydrogen-bond donors (Lipinski definition) is 0. The van der Waals surface area contributed by atoms with E-state index in [1.807, 2.05) is 0 Å². The van der Waals surface area contributed by atoms with Crippen molar-refractivity contribution in [3.05, 3.63) is 58.1 Å². The molecule has 0 saturated heterocycles. The van der Waals surface area contributed by atoms with E-state index in [-0.39, 0.29) is 21.2 Å².